The summed E-state index contributed by atoms with van der Waals surface area (Å²) in [6, 6.07) is 0. The second kappa shape index (κ2) is 5.36. The number of ether oxygens (including phenoxy) is 2. The number of hydrogen-bond donors (Lipinski definition) is 1. The van der Waals surface area contributed by atoms with Gasteiger partial charge in [-0.1, -0.05) is 0 Å². The monoisotopic (exact) mass is 241 g/mol. The van der Waals surface area contributed by atoms with E-state index >= 15 is 0 Å². The minimum absolute atomic E-state index is 0.149. The highest BCUT2D eigenvalue weighted by molar-refractivity contribution is 5.82. The molecule has 0 heterocycles. The van der Waals surface area contributed by atoms with E-state index in [0.29, 0.717) is 25.2 Å². The van der Waals surface area contributed by atoms with Gasteiger partial charge in [-0.05, 0) is 52.0 Å². The van der Waals surface area contributed by atoms with E-state index in [9.17, 15) is 4.79 Å². The molecule has 2 fully saturated rings. The highest BCUT2D eigenvalue weighted by Gasteiger charge is 2.51. The van der Waals surface area contributed by atoms with E-state index < -0.39 is 5.54 Å². The summed E-state index contributed by atoms with van der Waals surface area (Å²) in [6.45, 7) is 2.73. The Balaban J connectivity index is 1.96. The average molecular weight is 241 g/mol. The lowest BCUT2D eigenvalue weighted by Crippen LogP contribution is -2.57. The molecule has 1 atom stereocenters. The van der Waals surface area contributed by atoms with Gasteiger partial charge in [-0.3, -0.25) is 0 Å². The molecule has 0 radical (unpaired) electrons. The first-order valence-electron chi connectivity index (χ1n) is 6.70. The Kier molecular flexibility index (Phi) is 4.05. The van der Waals surface area contributed by atoms with Gasteiger partial charge in [0.05, 0.1) is 19.3 Å². The summed E-state index contributed by atoms with van der Waals surface area (Å²) in [7, 11) is 1.83. The number of likely N-dealkylation sites (N-methyl/N-ethyl adjacent to an activating group) is 1. The van der Waals surface area contributed by atoms with Crippen LogP contribution in [0.3, 0.4) is 0 Å². The van der Waals surface area contributed by atoms with Gasteiger partial charge >= 0.3 is 5.97 Å². The van der Waals surface area contributed by atoms with Crippen molar-refractivity contribution in [3.05, 3.63) is 0 Å². The maximum Gasteiger partial charge on any atom is 0.329 e. The number of carbonyl (C=O) groups is 1. The Morgan fingerprint density at radius 1 is 1.35 bits per heavy atom. The topological polar surface area (TPSA) is 47.6 Å². The Labute approximate surface area is 103 Å². The van der Waals surface area contributed by atoms with Crippen molar-refractivity contribution in [3.8, 4) is 0 Å². The van der Waals surface area contributed by atoms with Crippen molar-refractivity contribution < 1.29 is 14.3 Å². The fourth-order valence-corrected chi connectivity index (χ4v) is 2.34. The van der Waals surface area contributed by atoms with E-state index in [1.165, 1.54) is 6.42 Å². The molecule has 0 amide bonds. The standard InChI is InChI=1S/C13H23NO3/c1-3-16-12(15)13(14-2,10-7-8-10)9-17-11-5-4-6-11/h10-11,14H,3-9H2,1-2H3. The first-order valence-corrected chi connectivity index (χ1v) is 6.70. The molecule has 2 rings (SSSR count). The van der Waals surface area contributed by atoms with Gasteiger partial charge < -0.3 is 14.8 Å². The number of rotatable bonds is 7. The second-order valence-electron chi connectivity index (χ2n) is 5.08. The van der Waals surface area contributed by atoms with Crippen LogP contribution in [0, 0.1) is 5.92 Å². The van der Waals surface area contributed by atoms with Crippen LogP contribution in [0.25, 0.3) is 0 Å². The van der Waals surface area contributed by atoms with Crippen LogP contribution in [0.1, 0.15) is 39.0 Å². The van der Waals surface area contributed by atoms with E-state index in [1.54, 1.807) is 0 Å². The van der Waals surface area contributed by atoms with E-state index in [2.05, 4.69) is 5.32 Å². The predicted molar refractivity (Wildman–Crippen MR) is 64.7 cm³/mol. The van der Waals surface area contributed by atoms with Crippen molar-refractivity contribution in [2.75, 3.05) is 20.3 Å². The molecule has 0 bridgehead atoms. The van der Waals surface area contributed by atoms with Crippen molar-refractivity contribution in [1.29, 1.82) is 0 Å². The third kappa shape index (κ3) is 2.63. The zero-order valence-electron chi connectivity index (χ0n) is 10.8. The fraction of sp³-hybridized carbons (Fsp3) is 0.923. The molecule has 0 aromatic heterocycles. The predicted octanol–water partition coefficient (Wildman–Crippen LogP) is 1.49. The van der Waals surface area contributed by atoms with Gasteiger partial charge in [0, 0.05) is 0 Å². The lowest BCUT2D eigenvalue weighted by atomic mass is 9.92. The molecular formula is C13H23NO3. The molecule has 0 aromatic carbocycles. The van der Waals surface area contributed by atoms with E-state index in [1.807, 2.05) is 14.0 Å². The molecule has 2 aliphatic carbocycles. The maximum absolute atomic E-state index is 12.1. The van der Waals surface area contributed by atoms with Crippen LogP contribution in [0.5, 0.6) is 0 Å². The van der Waals surface area contributed by atoms with Crippen molar-refractivity contribution in [2.45, 2.75) is 50.7 Å². The zero-order valence-corrected chi connectivity index (χ0v) is 10.8. The largest absolute Gasteiger partial charge is 0.465 e. The molecule has 4 heteroatoms. The third-order valence-corrected chi connectivity index (χ3v) is 3.96. The molecule has 0 saturated heterocycles. The first-order chi connectivity index (χ1) is 8.23. The quantitative estimate of drug-likeness (QED) is 0.686. The molecular weight excluding hydrogens is 218 g/mol. The highest BCUT2D eigenvalue weighted by atomic mass is 16.5. The molecule has 0 aromatic rings. The number of esters is 1. The summed E-state index contributed by atoms with van der Waals surface area (Å²) in [4.78, 5) is 12.1. The van der Waals surface area contributed by atoms with Crippen molar-refractivity contribution >= 4 is 5.97 Å². The Bertz CT molecular complexity index is 274. The fourth-order valence-electron chi connectivity index (χ4n) is 2.34. The number of carbonyl (C=O) groups excluding carboxylic acids is 1. The van der Waals surface area contributed by atoms with E-state index in [4.69, 9.17) is 9.47 Å². The first kappa shape index (κ1) is 12.8. The maximum atomic E-state index is 12.1. The third-order valence-electron chi connectivity index (χ3n) is 3.96. The molecule has 98 valence electrons. The van der Waals surface area contributed by atoms with Crippen LogP contribution in [-0.2, 0) is 14.3 Å². The van der Waals surface area contributed by atoms with Crippen LogP contribution >= 0.6 is 0 Å². The molecule has 2 aliphatic rings. The van der Waals surface area contributed by atoms with Crippen LogP contribution in [0.4, 0.5) is 0 Å². The Hall–Kier alpha value is -0.610. The van der Waals surface area contributed by atoms with Gasteiger partial charge in [-0.15, -0.1) is 0 Å². The van der Waals surface area contributed by atoms with Gasteiger partial charge in [-0.25, -0.2) is 4.79 Å². The number of nitrogens with one attached hydrogen (secondary N) is 1. The average Bonchev–Trinajstić information content (AvgIpc) is 3.06. The van der Waals surface area contributed by atoms with Crippen molar-refractivity contribution in [2.24, 2.45) is 5.92 Å². The minimum Gasteiger partial charge on any atom is -0.465 e. The summed E-state index contributed by atoms with van der Waals surface area (Å²) >= 11 is 0. The lowest BCUT2D eigenvalue weighted by Gasteiger charge is -2.34. The van der Waals surface area contributed by atoms with Crippen LogP contribution < -0.4 is 5.32 Å². The lowest BCUT2D eigenvalue weighted by molar-refractivity contribution is -0.157. The minimum atomic E-state index is -0.606. The molecule has 0 spiro atoms. The normalized spacial score (nSPS) is 23.9. The van der Waals surface area contributed by atoms with Gasteiger partial charge in [0.15, 0.2) is 0 Å². The van der Waals surface area contributed by atoms with Crippen LogP contribution in [0.2, 0.25) is 0 Å². The van der Waals surface area contributed by atoms with Crippen LogP contribution in [0.15, 0.2) is 0 Å². The Morgan fingerprint density at radius 3 is 2.47 bits per heavy atom. The zero-order chi connectivity index (χ0) is 12.3. The van der Waals surface area contributed by atoms with E-state index in [-0.39, 0.29) is 5.97 Å². The summed E-state index contributed by atoms with van der Waals surface area (Å²) in [6.07, 6.45) is 6.05. The highest BCUT2D eigenvalue weighted by Crippen LogP contribution is 2.41. The van der Waals surface area contributed by atoms with Crippen molar-refractivity contribution in [3.63, 3.8) is 0 Å². The van der Waals surface area contributed by atoms with Gasteiger partial charge in [-0.2, -0.15) is 0 Å². The molecule has 1 N–H and O–H groups in total. The summed E-state index contributed by atoms with van der Waals surface area (Å²) in [5.41, 5.74) is -0.606. The second-order valence-corrected chi connectivity index (χ2v) is 5.08. The smallest absolute Gasteiger partial charge is 0.329 e. The Morgan fingerprint density at radius 2 is 2.06 bits per heavy atom. The molecule has 17 heavy (non-hydrogen) atoms. The molecule has 0 aliphatic heterocycles. The molecule has 2 saturated carbocycles. The molecule has 4 nitrogen and oxygen atoms in total. The van der Waals surface area contributed by atoms with Gasteiger partial charge in [0.2, 0.25) is 0 Å². The molecule has 1 unspecified atom stereocenters. The van der Waals surface area contributed by atoms with Gasteiger partial charge in [0.25, 0.3) is 0 Å². The SMILES string of the molecule is CCOC(=O)C(COC1CCC1)(NC)C1CC1. The van der Waals surface area contributed by atoms with Crippen molar-refractivity contribution in [1.82, 2.24) is 5.32 Å². The van der Waals surface area contributed by atoms with Gasteiger partial charge in [0.1, 0.15) is 5.54 Å². The number of hydrogen-bond acceptors (Lipinski definition) is 4. The summed E-state index contributed by atoms with van der Waals surface area (Å²) in [5.74, 6) is 0.232. The summed E-state index contributed by atoms with van der Waals surface area (Å²) in [5, 5.41) is 3.17. The van der Waals surface area contributed by atoms with E-state index in [0.717, 1.165) is 25.7 Å². The summed E-state index contributed by atoms with van der Waals surface area (Å²) < 4.78 is 11.0. The van der Waals surface area contributed by atoms with Crippen LogP contribution in [-0.4, -0.2) is 37.9 Å².